The van der Waals surface area contributed by atoms with Gasteiger partial charge in [-0.2, -0.15) is 13.2 Å². The lowest BCUT2D eigenvalue weighted by molar-refractivity contribution is -0.137. The fourth-order valence-electron chi connectivity index (χ4n) is 1.15. The summed E-state index contributed by atoms with van der Waals surface area (Å²) >= 11 is 1.84. The molecular weight excluding hydrogens is 308 g/mol. The molecule has 0 spiro atoms. The van der Waals surface area contributed by atoms with E-state index in [1.165, 1.54) is 16.8 Å². The van der Waals surface area contributed by atoms with Gasteiger partial charge in [0.1, 0.15) is 5.65 Å². The van der Waals surface area contributed by atoms with Crippen LogP contribution in [0.3, 0.4) is 0 Å². The molecule has 0 aliphatic carbocycles. The predicted octanol–water partition coefficient (Wildman–Crippen LogP) is 2.96. The van der Waals surface area contributed by atoms with E-state index in [9.17, 15) is 13.2 Å². The van der Waals surface area contributed by atoms with Crippen molar-refractivity contribution in [1.82, 2.24) is 9.38 Å². The van der Waals surface area contributed by atoms with Crippen LogP contribution in [0.2, 0.25) is 0 Å². The van der Waals surface area contributed by atoms with Crippen molar-refractivity contribution in [2.24, 2.45) is 0 Å². The molecule has 0 atom stereocenters. The van der Waals surface area contributed by atoms with E-state index in [1.54, 1.807) is 0 Å². The number of hydrogen-bond donors (Lipinski definition) is 0. The highest BCUT2D eigenvalue weighted by Crippen LogP contribution is 2.30. The molecule has 14 heavy (non-hydrogen) atoms. The van der Waals surface area contributed by atoms with Crippen LogP contribution in [0.4, 0.5) is 13.2 Å². The summed E-state index contributed by atoms with van der Waals surface area (Å²) in [7, 11) is 0. The third-order valence-electron chi connectivity index (χ3n) is 1.77. The molecule has 0 aliphatic rings. The first kappa shape index (κ1) is 9.75. The third-order valence-corrected chi connectivity index (χ3v) is 2.56. The molecule has 0 unspecified atom stereocenters. The number of fused-ring (bicyclic) bond motifs is 1. The average molecular weight is 312 g/mol. The van der Waals surface area contributed by atoms with E-state index in [0.29, 0.717) is 9.22 Å². The van der Waals surface area contributed by atoms with Gasteiger partial charge in [-0.05, 0) is 28.7 Å². The summed E-state index contributed by atoms with van der Waals surface area (Å²) in [5.74, 6) is 0. The Morgan fingerprint density at radius 1 is 1.36 bits per heavy atom. The Morgan fingerprint density at radius 3 is 2.71 bits per heavy atom. The Kier molecular flexibility index (Phi) is 2.17. The molecule has 0 bridgehead atoms. The van der Waals surface area contributed by atoms with Gasteiger partial charge in [0.05, 0.1) is 9.13 Å². The van der Waals surface area contributed by atoms with Gasteiger partial charge in [0.2, 0.25) is 0 Å². The summed E-state index contributed by atoms with van der Waals surface area (Å²) in [6.45, 7) is 0. The number of alkyl halides is 3. The molecule has 0 saturated carbocycles. The van der Waals surface area contributed by atoms with Gasteiger partial charge in [-0.25, -0.2) is 4.98 Å². The Hall–Kier alpha value is -0.790. The van der Waals surface area contributed by atoms with Crippen molar-refractivity contribution in [2.45, 2.75) is 6.18 Å². The Morgan fingerprint density at radius 2 is 2.07 bits per heavy atom. The van der Waals surface area contributed by atoms with Crippen molar-refractivity contribution in [3.63, 3.8) is 0 Å². The minimum Gasteiger partial charge on any atom is -0.306 e. The maximum Gasteiger partial charge on any atom is 0.417 e. The van der Waals surface area contributed by atoms with Gasteiger partial charge in [-0.1, -0.05) is 0 Å². The first-order valence-electron chi connectivity index (χ1n) is 3.68. The lowest BCUT2D eigenvalue weighted by atomic mass is 10.3. The molecule has 0 radical (unpaired) electrons. The highest BCUT2D eigenvalue weighted by molar-refractivity contribution is 14.1. The van der Waals surface area contributed by atoms with E-state index >= 15 is 0 Å². The second kappa shape index (κ2) is 3.11. The van der Waals surface area contributed by atoms with Crippen molar-refractivity contribution >= 4 is 28.2 Å². The van der Waals surface area contributed by atoms with Crippen molar-refractivity contribution in [3.05, 3.63) is 33.8 Å². The van der Waals surface area contributed by atoms with Crippen molar-refractivity contribution < 1.29 is 13.2 Å². The molecule has 2 heterocycles. The van der Waals surface area contributed by atoms with E-state index in [2.05, 4.69) is 4.98 Å². The lowest BCUT2D eigenvalue weighted by Crippen LogP contribution is -2.07. The summed E-state index contributed by atoms with van der Waals surface area (Å²) < 4.78 is 38.9. The molecule has 0 N–H and O–H groups in total. The zero-order valence-electron chi connectivity index (χ0n) is 6.72. The van der Waals surface area contributed by atoms with Gasteiger partial charge in [0.25, 0.3) is 0 Å². The molecule has 2 aromatic rings. The highest BCUT2D eigenvalue weighted by atomic mass is 127. The second-order valence-electron chi connectivity index (χ2n) is 2.73. The number of nitrogens with zero attached hydrogens (tertiary/aromatic N) is 2. The monoisotopic (exact) mass is 312 g/mol. The number of imidazole rings is 1. The van der Waals surface area contributed by atoms with Gasteiger partial charge in [0.15, 0.2) is 0 Å². The average Bonchev–Trinajstić information content (AvgIpc) is 2.50. The van der Waals surface area contributed by atoms with Crippen molar-refractivity contribution in [2.75, 3.05) is 0 Å². The van der Waals surface area contributed by atoms with Crippen LogP contribution in [0.15, 0.2) is 24.7 Å². The van der Waals surface area contributed by atoms with E-state index in [-0.39, 0.29) is 0 Å². The molecule has 0 saturated heterocycles. The van der Waals surface area contributed by atoms with E-state index < -0.39 is 11.7 Å². The van der Waals surface area contributed by atoms with Crippen LogP contribution < -0.4 is 0 Å². The third kappa shape index (κ3) is 1.58. The van der Waals surface area contributed by atoms with Gasteiger partial charge in [0, 0.05) is 18.6 Å². The summed E-state index contributed by atoms with van der Waals surface area (Å²) in [5, 5.41) is 0. The number of halogens is 4. The Balaban J connectivity index is 2.70. The highest BCUT2D eigenvalue weighted by Gasteiger charge is 2.31. The molecule has 2 aromatic heterocycles. The maximum absolute atomic E-state index is 12.4. The first-order valence-corrected chi connectivity index (χ1v) is 4.76. The van der Waals surface area contributed by atoms with E-state index in [0.717, 1.165) is 12.3 Å². The van der Waals surface area contributed by atoms with Gasteiger partial charge in [-0.15, -0.1) is 0 Å². The van der Waals surface area contributed by atoms with Crippen LogP contribution in [0.1, 0.15) is 5.56 Å². The molecule has 0 fully saturated rings. The molecule has 0 amide bonds. The van der Waals surface area contributed by atoms with Crippen LogP contribution in [-0.2, 0) is 6.18 Å². The first-order chi connectivity index (χ1) is 6.48. The molecule has 6 heteroatoms. The number of aromatic nitrogens is 2. The molecule has 0 aromatic carbocycles. The zero-order valence-corrected chi connectivity index (χ0v) is 8.87. The summed E-state index contributed by atoms with van der Waals surface area (Å²) in [6, 6.07) is 1.09. The van der Waals surface area contributed by atoms with Crippen molar-refractivity contribution in [3.8, 4) is 0 Å². The summed E-state index contributed by atoms with van der Waals surface area (Å²) in [6.07, 6.45) is -0.312. The van der Waals surface area contributed by atoms with Crippen LogP contribution in [0, 0.1) is 3.57 Å². The summed E-state index contributed by atoms with van der Waals surface area (Å²) in [4.78, 5) is 3.93. The Bertz CT molecular complexity index is 475. The van der Waals surface area contributed by atoms with Gasteiger partial charge >= 0.3 is 6.18 Å². The van der Waals surface area contributed by atoms with Crippen LogP contribution in [0.25, 0.3) is 5.65 Å². The standard InChI is InChI=1S/C8H4F3IN2/c9-8(10,11)5-3-6(12)7-13-1-2-14(7)4-5/h1-4H. The minimum atomic E-state index is -4.31. The van der Waals surface area contributed by atoms with Crippen molar-refractivity contribution in [1.29, 1.82) is 0 Å². The quantitative estimate of drug-likeness (QED) is 0.684. The fourth-order valence-corrected chi connectivity index (χ4v) is 1.90. The van der Waals surface area contributed by atoms with E-state index in [4.69, 9.17) is 0 Å². The van der Waals surface area contributed by atoms with Gasteiger partial charge in [-0.3, -0.25) is 0 Å². The molecule has 2 rings (SSSR count). The zero-order chi connectivity index (χ0) is 10.3. The normalized spacial score (nSPS) is 12.3. The smallest absolute Gasteiger partial charge is 0.306 e. The minimum absolute atomic E-state index is 0.488. The van der Waals surface area contributed by atoms with Crippen LogP contribution >= 0.6 is 22.6 Å². The fraction of sp³-hybridized carbons (Fsp3) is 0.125. The van der Waals surface area contributed by atoms with Gasteiger partial charge < -0.3 is 4.40 Å². The molecule has 0 aliphatic heterocycles. The lowest BCUT2D eigenvalue weighted by Gasteiger charge is -2.07. The Labute approximate surface area is 90.9 Å². The molecule has 74 valence electrons. The summed E-state index contributed by atoms with van der Waals surface area (Å²) in [5.41, 5.74) is -0.119. The number of rotatable bonds is 0. The largest absolute Gasteiger partial charge is 0.417 e. The predicted molar refractivity (Wildman–Crippen MR) is 52.9 cm³/mol. The van der Waals surface area contributed by atoms with E-state index in [1.807, 2.05) is 22.6 Å². The van der Waals surface area contributed by atoms with Crippen LogP contribution in [0.5, 0.6) is 0 Å². The second-order valence-corrected chi connectivity index (χ2v) is 3.89. The topological polar surface area (TPSA) is 17.3 Å². The molecule has 2 nitrogen and oxygen atoms in total. The number of hydrogen-bond acceptors (Lipinski definition) is 1. The molecular formula is C8H4F3IN2. The maximum atomic E-state index is 12.4. The number of pyridine rings is 1. The van der Waals surface area contributed by atoms with Crippen LogP contribution in [-0.4, -0.2) is 9.38 Å². The SMILES string of the molecule is FC(F)(F)c1cc(I)c2nccn2c1.